The third-order valence-corrected chi connectivity index (χ3v) is 5.19. The molecule has 8 heteroatoms. The van der Waals surface area contributed by atoms with Gasteiger partial charge in [0.05, 0.1) is 0 Å². The van der Waals surface area contributed by atoms with Gasteiger partial charge in [-0.3, -0.25) is 4.57 Å². The molecule has 0 fully saturated rings. The van der Waals surface area contributed by atoms with E-state index < -0.39 is 13.4 Å². The van der Waals surface area contributed by atoms with E-state index in [1.165, 1.54) is 0 Å². The third-order valence-electron chi connectivity index (χ3n) is 4.15. The molecule has 1 atom stereocenters. The van der Waals surface area contributed by atoms with Gasteiger partial charge in [0.1, 0.15) is 23.0 Å². The lowest BCUT2D eigenvalue weighted by atomic mass is 10.0. The largest absolute Gasteiger partial charge is 0.457 e. The molecule has 2 aromatic carbocycles. The van der Waals surface area contributed by atoms with Crippen molar-refractivity contribution in [1.82, 2.24) is 0 Å². The van der Waals surface area contributed by atoms with Gasteiger partial charge in [-0.15, -0.1) is 4.91 Å². The molecule has 0 saturated heterocycles. The molecule has 140 valence electrons. The van der Waals surface area contributed by atoms with E-state index in [0.29, 0.717) is 23.6 Å². The molecule has 0 aliphatic heterocycles. The molecule has 0 aromatic heterocycles. The van der Waals surface area contributed by atoms with E-state index in [1.807, 2.05) is 20.8 Å². The van der Waals surface area contributed by atoms with E-state index in [0.717, 1.165) is 22.3 Å². The Morgan fingerprint density at radius 2 is 1.81 bits per heavy atom. The smallest absolute Gasteiger partial charge is 0.342 e. The fourth-order valence-electron chi connectivity index (χ4n) is 2.79. The quantitative estimate of drug-likeness (QED) is 0.493. The van der Waals surface area contributed by atoms with Crippen molar-refractivity contribution in [2.75, 3.05) is 0 Å². The first-order valence-electron chi connectivity index (χ1n) is 8.20. The Bertz CT molecular complexity index is 840. The van der Waals surface area contributed by atoms with Crippen LogP contribution in [0.4, 0.5) is 5.69 Å². The van der Waals surface area contributed by atoms with Crippen LogP contribution in [0.2, 0.25) is 0 Å². The molecule has 2 rings (SSSR count). The van der Waals surface area contributed by atoms with Gasteiger partial charge in [-0.1, -0.05) is 19.1 Å². The summed E-state index contributed by atoms with van der Waals surface area (Å²) in [5.41, 5.74) is 9.16. The van der Waals surface area contributed by atoms with Gasteiger partial charge < -0.3 is 20.3 Å². The van der Waals surface area contributed by atoms with Crippen molar-refractivity contribution < 1.29 is 19.1 Å². The van der Waals surface area contributed by atoms with Crippen molar-refractivity contribution >= 4 is 13.3 Å². The van der Waals surface area contributed by atoms with Crippen molar-refractivity contribution in [2.45, 2.75) is 39.4 Å². The van der Waals surface area contributed by atoms with Gasteiger partial charge in [-0.05, 0) is 72.3 Å². The van der Waals surface area contributed by atoms with Crippen LogP contribution < -0.4 is 10.5 Å². The Morgan fingerprint density at radius 1 is 1.19 bits per heavy atom. The molecule has 0 heterocycles. The van der Waals surface area contributed by atoms with Crippen LogP contribution in [-0.4, -0.2) is 15.6 Å². The highest BCUT2D eigenvalue weighted by Crippen LogP contribution is 2.40. The molecule has 0 aliphatic carbocycles. The molecule has 0 bridgehead atoms. The molecule has 0 spiro atoms. The molecule has 0 amide bonds. The van der Waals surface area contributed by atoms with E-state index in [9.17, 15) is 9.47 Å². The Hall–Kier alpha value is -2.05. The van der Waals surface area contributed by atoms with Crippen LogP contribution in [0.25, 0.3) is 0 Å². The number of hydrogen-bond donors (Lipinski definition) is 3. The van der Waals surface area contributed by atoms with Crippen LogP contribution in [0.5, 0.6) is 11.5 Å². The monoisotopic (exact) mass is 378 g/mol. The second kappa shape index (κ2) is 8.10. The minimum absolute atomic E-state index is 0.0753. The molecule has 26 heavy (non-hydrogen) atoms. The summed E-state index contributed by atoms with van der Waals surface area (Å²) >= 11 is 0. The van der Waals surface area contributed by atoms with Crippen molar-refractivity contribution in [3.8, 4) is 11.5 Å². The Balaban J connectivity index is 2.29. The molecular weight excluding hydrogens is 355 g/mol. The van der Waals surface area contributed by atoms with Crippen LogP contribution in [0, 0.1) is 18.8 Å². The molecule has 2 aromatic rings. The van der Waals surface area contributed by atoms with E-state index in [4.69, 9.17) is 20.3 Å². The fourth-order valence-corrected chi connectivity index (χ4v) is 3.24. The minimum atomic E-state index is -4.32. The summed E-state index contributed by atoms with van der Waals surface area (Å²) in [5.74, 6) is 0.0241. The fraction of sp³-hybridized carbons (Fsp3) is 0.333. The second-order valence-electron chi connectivity index (χ2n) is 6.26. The highest BCUT2D eigenvalue weighted by atomic mass is 31.2. The lowest BCUT2D eigenvalue weighted by Crippen LogP contribution is -2.22. The highest BCUT2D eigenvalue weighted by Gasteiger charge is 2.25. The van der Waals surface area contributed by atoms with Crippen LogP contribution in [0.15, 0.2) is 35.5 Å². The van der Waals surface area contributed by atoms with Crippen LogP contribution in [-0.2, 0) is 17.4 Å². The summed E-state index contributed by atoms with van der Waals surface area (Å²) in [5, 5.41) is 3.00. The van der Waals surface area contributed by atoms with Gasteiger partial charge in [-0.2, -0.15) is 0 Å². The van der Waals surface area contributed by atoms with Gasteiger partial charge in [0.15, 0.2) is 0 Å². The molecule has 0 saturated carbocycles. The zero-order valence-electron chi connectivity index (χ0n) is 15.0. The van der Waals surface area contributed by atoms with Gasteiger partial charge in [0.25, 0.3) is 0 Å². The minimum Gasteiger partial charge on any atom is -0.457 e. The van der Waals surface area contributed by atoms with Crippen molar-refractivity contribution in [3.63, 3.8) is 0 Å². The summed E-state index contributed by atoms with van der Waals surface area (Å²) in [6.07, 6.45) is 0.737. The SMILES string of the molecule is CCc1cc(Oc2c(C)cc(CC(N)P(=O)(O)O)cc2C)ccc1N=O. The van der Waals surface area contributed by atoms with Crippen molar-refractivity contribution in [1.29, 1.82) is 0 Å². The predicted octanol–water partition coefficient (Wildman–Crippen LogP) is 4.06. The number of nitrogens with two attached hydrogens (primary N) is 1. The second-order valence-corrected chi connectivity index (χ2v) is 8.10. The molecule has 1 unspecified atom stereocenters. The molecule has 4 N–H and O–H groups in total. The zero-order valence-corrected chi connectivity index (χ0v) is 15.9. The Kier molecular flexibility index (Phi) is 6.31. The number of benzene rings is 2. The first kappa shape index (κ1) is 20.3. The lowest BCUT2D eigenvalue weighted by molar-refractivity contribution is 0.358. The third kappa shape index (κ3) is 4.77. The van der Waals surface area contributed by atoms with Gasteiger partial charge in [0.2, 0.25) is 0 Å². The Morgan fingerprint density at radius 3 is 2.31 bits per heavy atom. The standard InChI is InChI=1S/C18H23N2O5P/c1-4-14-10-15(5-6-16(14)20-21)25-18-11(2)7-13(8-12(18)3)9-17(19)26(22,23)24/h5-8,10,17H,4,9,19H2,1-3H3,(H2,22,23,24). The average molecular weight is 378 g/mol. The molecule has 0 radical (unpaired) electrons. The maximum absolute atomic E-state index is 11.2. The van der Waals surface area contributed by atoms with Gasteiger partial charge >= 0.3 is 7.60 Å². The van der Waals surface area contributed by atoms with E-state index >= 15 is 0 Å². The summed E-state index contributed by atoms with van der Waals surface area (Å²) in [4.78, 5) is 29.1. The maximum Gasteiger partial charge on any atom is 0.342 e. The number of hydrogen-bond acceptors (Lipinski definition) is 5. The maximum atomic E-state index is 11.2. The first-order chi connectivity index (χ1) is 12.2. The normalized spacial score (nSPS) is 12.7. The van der Waals surface area contributed by atoms with Crippen molar-refractivity contribution in [2.24, 2.45) is 10.9 Å². The summed E-state index contributed by atoms with van der Waals surface area (Å²) < 4.78 is 17.2. The van der Waals surface area contributed by atoms with E-state index in [1.54, 1.807) is 30.3 Å². The topological polar surface area (TPSA) is 122 Å². The summed E-state index contributed by atoms with van der Waals surface area (Å²) in [6.45, 7) is 5.65. The van der Waals surface area contributed by atoms with Crippen molar-refractivity contribution in [3.05, 3.63) is 57.5 Å². The first-order valence-corrected chi connectivity index (χ1v) is 9.89. The number of rotatable bonds is 7. The lowest BCUT2D eigenvalue weighted by Gasteiger charge is -2.17. The van der Waals surface area contributed by atoms with E-state index in [2.05, 4.69) is 5.18 Å². The average Bonchev–Trinajstić information content (AvgIpc) is 2.57. The predicted molar refractivity (Wildman–Crippen MR) is 101 cm³/mol. The summed E-state index contributed by atoms with van der Waals surface area (Å²) in [7, 11) is -4.32. The van der Waals surface area contributed by atoms with Crippen LogP contribution >= 0.6 is 7.60 Å². The number of nitroso groups, excluding NO2 is 1. The van der Waals surface area contributed by atoms with Gasteiger partial charge in [-0.25, -0.2) is 0 Å². The summed E-state index contributed by atoms with van der Waals surface area (Å²) in [6, 6.07) is 8.71. The highest BCUT2D eigenvalue weighted by molar-refractivity contribution is 7.52. The van der Waals surface area contributed by atoms with Gasteiger partial charge in [0, 0.05) is 0 Å². The number of nitrogens with zero attached hydrogens (tertiary/aromatic N) is 1. The van der Waals surface area contributed by atoms with Crippen LogP contribution in [0.3, 0.4) is 0 Å². The molecular formula is C18H23N2O5P. The Labute approximate surface area is 152 Å². The molecule has 7 nitrogen and oxygen atoms in total. The van der Waals surface area contributed by atoms with Crippen LogP contribution in [0.1, 0.15) is 29.2 Å². The van der Waals surface area contributed by atoms with E-state index in [-0.39, 0.29) is 6.42 Å². The number of aryl methyl sites for hydroxylation is 3. The number of ether oxygens (including phenoxy) is 1. The molecule has 0 aliphatic rings. The zero-order chi connectivity index (χ0) is 19.5.